The Morgan fingerprint density at radius 1 is 1.10 bits per heavy atom. The normalized spacial score (nSPS) is 18.1. The molecule has 0 saturated heterocycles. The number of hydrogen-bond acceptors (Lipinski definition) is 6. The zero-order valence-corrected chi connectivity index (χ0v) is 23.8. The number of sulfonamides is 1. The molecule has 12 heteroatoms. The molecule has 218 valence electrons. The topological polar surface area (TPSA) is 128 Å². The monoisotopic (exact) mass is 584 g/mol. The highest BCUT2D eigenvalue weighted by molar-refractivity contribution is 7.89. The second-order valence-corrected chi connectivity index (χ2v) is 12.1. The first-order chi connectivity index (χ1) is 19.5. The van der Waals surface area contributed by atoms with Crippen molar-refractivity contribution in [2.24, 2.45) is 5.92 Å². The largest absolute Gasteiger partial charge is 0.488 e. The number of ether oxygens (including phenoxy) is 1. The van der Waals surface area contributed by atoms with Crippen LogP contribution in [0.5, 0.6) is 5.75 Å². The average Bonchev–Trinajstić information content (AvgIpc) is 2.96. The van der Waals surface area contributed by atoms with Crippen molar-refractivity contribution in [1.29, 1.82) is 0 Å². The van der Waals surface area contributed by atoms with Crippen LogP contribution in [0.25, 0.3) is 0 Å². The van der Waals surface area contributed by atoms with E-state index in [-0.39, 0.29) is 41.8 Å². The maximum absolute atomic E-state index is 13.6. The highest BCUT2D eigenvalue weighted by Crippen LogP contribution is 2.31. The van der Waals surface area contributed by atoms with Gasteiger partial charge < -0.3 is 25.4 Å². The molecular formula is C29H33FN4O6S. The Bertz CT molecular complexity index is 1490. The lowest BCUT2D eigenvalue weighted by atomic mass is 9.99. The fourth-order valence-corrected chi connectivity index (χ4v) is 5.67. The Kier molecular flexibility index (Phi) is 9.26. The second kappa shape index (κ2) is 12.7. The summed E-state index contributed by atoms with van der Waals surface area (Å²) < 4.78 is 47.0. The van der Waals surface area contributed by atoms with Crippen molar-refractivity contribution in [3.8, 4) is 5.75 Å². The lowest BCUT2D eigenvalue weighted by Crippen LogP contribution is -2.50. The summed E-state index contributed by atoms with van der Waals surface area (Å²) in [6, 6.07) is 16.8. The molecule has 3 amide bonds. The molecule has 0 spiro atoms. The molecule has 0 saturated carbocycles. The summed E-state index contributed by atoms with van der Waals surface area (Å²) >= 11 is 0. The van der Waals surface area contributed by atoms with E-state index in [9.17, 15) is 27.5 Å². The molecule has 0 bridgehead atoms. The molecule has 10 nitrogen and oxygen atoms in total. The molecule has 3 aromatic rings. The van der Waals surface area contributed by atoms with Crippen molar-refractivity contribution < 1.29 is 32.2 Å². The number of anilines is 2. The van der Waals surface area contributed by atoms with Gasteiger partial charge in [-0.2, -0.15) is 4.31 Å². The zero-order chi connectivity index (χ0) is 29.7. The van der Waals surface area contributed by atoms with Crippen LogP contribution in [0.3, 0.4) is 0 Å². The number of fused-ring (bicyclic) bond motifs is 1. The third kappa shape index (κ3) is 7.02. The fourth-order valence-electron chi connectivity index (χ4n) is 4.47. The third-order valence-corrected chi connectivity index (χ3v) is 8.75. The number of nitrogens with one attached hydrogen (secondary N) is 2. The van der Waals surface area contributed by atoms with Crippen LogP contribution in [0.1, 0.15) is 24.2 Å². The van der Waals surface area contributed by atoms with Crippen LogP contribution >= 0.6 is 0 Å². The minimum absolute atomic E-state index is 0.00739. The predicted molar refractivity (Wildman–Crippen MR) is 153 cm³/mol. The first-order valence-electron chi connectivity index (χ1n) is 13.1. The van der Waals surface area contributed by atoms with Gasteiger partial charge in [-0.15, -0.1) is 0 Å². The first-order valence-corrected chi connectivity index (χ1v) is 14.5. The minimum atomic E-state index is -3.80. The third-order valence-electron chi connectivity index (χ3n) is 6.91. The van der Waals surface area contributed by atoms with Gasteiger partial charge in [-0.05, 0) is 61.5 Å². The molecule has 1 aliphatic heterocycles. The molecule has 3 atom stereocenters. The molecule has 0 radical (unpaired) electrons. The molecule has 0 aliphatic carbocycles. The van der Waals surface area contributed by atoms with Crippen molar-refractivity contribution >= 4 is 33.3 Å². The van der Waals surface area contributed by atoms with E-state index in [1.807, 2.05) is 6.92 Å². The summed E-state index contributed by atoms with van der Waals surface area (Å²) in [5.41, 5.74) is 0.824. The molecule has 0 aromatic heterocycles. The Labute approximate surface area is 238 Å². The van der Waals surface area contributed by atoms with E-state index >= 15 is 0 Å². The summed E-state index contributed by atoms with van der Waals surface area (Å²) in [5.74, 6) is -0.917. The van der Waals surface area contributed by atoms with Gasteiger partial charge >= 0.3 is 6.03 Å². The Hall–Kier alpha value is -4.00. The van der Waals surface area contributed by atoms with Crippen molar-refractivity contribution in [3.05, 3.63) is 84.2 Å². The summed E-state index contributed by atoms with van der Waals surface area (Å²) in [5, 5.41) is 15.1. The van der Waals surface area contributed by atoms with Crippen LogP contribution in [0, 0.1) is 11.7 Å². The van der Waals surface area contributed by atoms with Gasteiger partial charge in [0.1, 0.15) is 17.7 Å². The van der Waals surface area contributed by atoms with Crippen LogP contribution in [-0.2, 0) is 10.0 Å². The van der Waals surface area contributed by atoms with E-state index in [0.717, 1.165) is 0 Å². The van der Waals surface area contributed by atoms with E-state index in [1.54, 1.807) is 37.3 Å². The van der Waals surface area contributed by atoms with E-state index in [0.29, 0.717) is 11.4 Å². The molecule has 41 heavy (non-hydrogen) atoms. The average molecular weight is 585 g/mol. The van der Waals surface area contributed by atoms with E-state index in [4.69, 9.17) is 4.74 Å². The van der Waals surface area contributed by atoms with Gasteiger partial charge in [-0.3, -0.25) is 4.79 Å². The maximum Gasteiger partial charge on any atom is 0.323 e. The maximum atomic E-state index is 13.6. The molecule has 1 aliphatic rings. The number of carbonyl (C=O) groups excluding carboxylic acids is 2. The number of likely N-dealkylation sites (N-methyl/N-ethyl adjacent to an activating group) is 1. The van der Waals surface area contributed by atoms with Crippen LogP contribution in [0.4, 0.5) is 20.6 Å². The summed E-state index contributed by atoms with van der Waals surface area (Å²) in [4.78, 5) is 27.9. The molecule has 0 fully saturated rings. The number of nitrogens with zero attached hydrogens (tertiary/aromatic N) is 2. The van der Waals surface area contributed by atoms with E-state index in [2.05, 4.69) is 10.6 Å². The Balaban J connectivity index is 1.61. The molecular weight excluding hydrogens is 551 g/mol. The number of benzene rings is 3. The Morgan fingerprint density at radius 3 is 2.39 bits per heavy atom. The smallest absolute Gasteiger partial charge is 0.323 e. The summed E-state index contributed by atoms with van der Waals surface area (Å²) in [7, 11) is -2.32. The van der Waals surface area contributed by atoms with Crippen LogP contribution in [0.15, 0.2) is 77.7 Å². The number of carbonyl (C=O) groups is 2. The molecule has 3 N–H and O–H groups in total. The lowest BCUT2D eigenvalue weighted by molar-refractivity contribution is 0.0387. The van der Waals surface area contributed by atoms with Gasteiger partial charge in [0.25, 0.3) is 5.91 Å². The van der Waals surface area contributed by atoms with Crippen LogP contribution < -0.4 is 15.4 Å². The quantitative estimate of drug-likeness (QED) is 0.367. The van der Waals surface area contributed by atoms with Crippen molar-refractivity contribution in [3.63, 3.8) is 0 Å². The predicted octanol–water partition coefficient (Wildman–Crippen LogP) is 4.01. The van der Waals surface area contributed by atoms with Crippen molar-refractivity contribution in [2.75, 3.05) is 37.4 Å². The number of aliphatic hydroxyl groups is 1. The van der Waals surface area contributed by atoms with Gasteiger partial charge in [-0.25, -0.2) is 17.6 Å². The first kappa shape index (κ1) is 30.0. The molecule has 1 heterocycles. The molecule has 0 unspecified atom stereocenters. The molecule has 4 rings (SSSR count). The number of urea groups is 1. The van der Waals surface area contributed by atoms with Gasteiger partial charge in [0, 0.05) is 30.9 Å². The fraction of sp³-hybridized carbons (Fsp3) is 0.310. The Morgan fingerprint density at radius 2 is 1.73 bits per heavy atom. The van der Waals surface area contributed by atoms with Gasteiger partial charge in [0.15, 0.2) is 0 Å². The lowest BCUT2D eigenvalue weighted by Gasteiger charge is -2.38. The zero-order valence-electron chi connectivity index (χ0n) is 23.0. The van der Waals surface area contributed by atoms with Crippen LogP contribution in [-0.4, -0.2) is 73.6 Å². The number of rotatable bonds is 8. The van der Waals surface area contributed by atoms with E-state index in [1.165, 1.54) is 58.7 Å². The van der Waals surface area contributed by atoms with Crippen LogP contribution in [0.2, 0.25) is 0 Å². The van der Waals surface area contributed by atoms with Crippen molar-refractivity contribution in [1.82, 2.24) is 9.21 Å². The van der Waals surface area contributed by atoms with Gasteiger partial charge in [0.2, 0.25) is 10.0 Å². The van der Waals surface area contributed by atoms with Gasteiger partial charge in [-0.1, -0.05) is 25.1 Å². The summed E-state index contributed by atoms with van der Waals surface area (Å²) in [6.07, 6.45) is -0.640. The second-order valence-electron chi connectivity index (χ2n) is 10.0. The summed E-state index contributed by atoms with van der Waals surface area (Å²) in [6.45, 7) is 3.50. The highest BCUT2D eigenvalue weighted by Gasteiger charge is 2.35. The molecule has 3 aromatic carbocycles. The minimum Gasteiger partial charge on any atom is -0.488 e. The number of halogens is 1. The highest BCUT2D eigenvalue weighted by atomic mass is 32.2. The van der Waals surface area contributed by atoms with Gasteiger partial charge in [0.05, 0.1) is 29.7 Å². The number of amides is 3. The standard InChI is InChI=1S/C29H33FN4O6S/c1-19-16-34(20(2)18-35)28(36)25-15-23(32-29(37)31-22-11-9-21(30)10-12-22)13-14-26(25)40-27(19)17-33(3)41(38,39)24-7-5-4-6-8-24/h4-15,19-20,27,35H,16-18H2,1-3H3,(H2,31,32,37)/t19-,20-,27-/m1/s1. The SMILES string of the molecule is C[C@@H]1CN([C@H](C)CO)C(=O)c2cc(NC(=O)Nc3ccc(F)cc3)ccc2O[C@@H]1CN(C)S(=O)(=O)c1ccccc1. The van der Waals surface area contributed by atoms with E-state index < -0.39 is 39.9 Å². The number of aliphatic hydroxyl groups excluding tert-OH is 1. The number of hydrogen-bond donors (Lipinski definition) is 3. The van der Waals surface area contributed by atoms with Crippen molar-refractivity contribution in [2.45, 2.75) is 30.9 Å².